The summed E-state index contributed by atoms with van der Waals surface area (Å²) in [5, 5.41) is 0. The molecule has 0 radical (unpaired) electrons. The molecule has 1 saturated heterocycles. The Hall–Kier alpha value is -2.27. The average Bonchev–Trinajstić information content (AvgIpc) is 2.77. The zero-order valence-electron chi connectivity index (χ0n) is 19.0. The number of Topliss-reactive ketones (excluding diaryl/α,β-unsaturated/α-hetero) is 1. The summed E-state index contributed by atoms with van der Waals surface area (Å²) in [6, 6.07) is 9.20. The summed E-state index contributed by atoms with van der Waals surface area (Å²) in [6.07, 6.45) is 9.21. The predicted octanol–water partition coefficient (Wildman–Crippen LogP) is 4.75. The third-order valence-electron chi connectivity index (χ3n) is 6.33. The van der Waals surface area contributed by atoms with Gasteiger partial charge in [0.05, 0.1) is 0 Å². The van der Waals surface area contributed by atoms with Gasteiger partial charge in [-0.25, -0.2) is 9.97 Å². The van der Waals surface area contributed by atoms with E-state index in [4.69, 9.17) is 9.97 Å². The second-order valence-corrected chi connectivity index (χ2v) is 8.54. The highest BCUT2D eigenvalue weighted by molar-refractivity contribution is 5.78. The van der Waals surface area contributed by atoms with Crippen LogP contribution in [0.15, 0.2) is 36.7 Å². The third kappa shape index (κ3) is 5.66. The molecular weight excluding hydrogens is 372 g/mol. The number of rotatable bonds is 9. The number of hydrogen-bond donors (Lipinski definition) is 0. The fourth-order valence-electron chi connectivity index (χ4n) is 4.32. The van der Waals surface area contributed by atoms with Crippen LogP contribution in [0.5, 0.6) is 0 Å². The largest absolute Gasteiger partial charge is 0.337 e. The number of nitrogens with zero attached hydrogens (tertiary/aromatic N) is 4. The van der Waals surface area contributed by atoms with E-state index in [1.165, 1.54) is 25.7 Å². The van der Waals surface area contributed by atoms with Crippen LogP contribution in [0.1, 0.15) is 58.9 Å². The van der Waals surface area contributed by atoms with Gasteiger partial charge in [-0.2, -0.15) is 0 Å². The molecule has 1 aliphatic rings. The lowest BCUT2D eigenvalue weighted by Gasteiger charge is -2.40. The van der Waals surface area contributed by atoms with Gasteiger partial charge in [-0.3, -0.25) is 9.69 Å². The van der Waals surface area contributed by atoms with Crippen molar-refractivity contribution in [2.75, 3.05) is 24.5 Å². The summed E-state index contributed by atoms with van der Waals surface area (Å²) in [5.74, 6) is 1.03. The van der Waals surface area contributed by atoms with E-state index in [2.05, 4.69) is 30.6 Å². The Kier molecular flexibility index (Phi) is 7.97. The van der Waals surface area contributed by atoms with Crippen LogP contribution in [-0.4, -0.2) is 52.4 Å². The van der Waals surface area contributed by atoms with Crippen molar-refractivity contribution in [2.24, 2.45) is 0 Å². The van der Waals surface area contributed by atoms with Crippen LogP contribution in [0.2, 0.25) is 0 Å². The SMILES string of the molecule is CCC(C)N(CC)CC1CCCCN1c1ncc(-c2ccc(CC(C)=O)cc2)cn1. The lowest BCUT2D eigenvalue weighted by Crippen LogP contribution is -2.49. The fourth-order valence-corrected chi connectivity index (χ4v) is 4.32. The number of piperidine rings is 1. The van der Waals surface area contributed by atoms with Crippen LogP contribution in [0.25, 0.3) is 11.1 Å². The maximum atomic E-state index is 11.3. The summed E-state index contributed by atoms with van der Waals surface area (Å²) in [6.45, 7) is 11.7. The van der Waals surface area contributed by atoms with E-state index in [0.717, 1.165) is 42.3 Å². The number of hydrogen-bond acceptors (Lipinski definition) is 5. The second kappa shape index (κ2) is 10.7. The Balaban J connectivity index is 1.72. The van der Waals surface area contributed by atoms with E-state index in [-0.39, 0.29) is 5.78 Å². The monoisotopic (exact) mass is 408 g/mol. The van der Waals surface area contributed by atoms with E-state index in [1.54, 1.807) is 6.92 Å². The summed E-state index contributed by atoms with van der Waals surface area (Å²) >= 11 is 0. The molecule has 0 aliphatic carbocycles. The Labute approximate surface area is 181 Å². The first kappa shape index (κ1) is 22.4. The highest BCUT2D eigenvalue weighted by Crippen LogP contribution is 2.25. The van der Waals surface area contributed by atoms with Gasteiger partial charge in [0.25, 0.3) is 0 Å². The van der Waals surface area contributed by atoms with Gasteiger partial charge in [0.2, 0.25) is 5.95 Å². The molecular formula is C25H36N4O. The smallest absolute Gasteiger partial charge is 0.225 e. The van der Waals surface area contributed by atoms with Crippen molar-refractivity contribution < 1.29 is 4.79 Å². The molecule has 5 heteroatoms. The minimum atomic E-state index is 0.182. The van der Waals surface area contributed by atoms with Gasteiger partial charge in [0, 0.05) is 49.6 Å². The molecule has 0 spiro atoms. The fraction of sp³-hybridized carbons (Fsp3) is 0.560. The number of likely N-dealkylation sites (N-methyl/N-ethyl adjacent to an activating group) is 1. The van der Waals surface area contributed by atoms with Crippen LogP contribution in [0.4, 0.5) is 5.95 Å². The Bertz CT molecular complexity index is 803. The van der Waals surface area contributed by atoms with Crippen molar-refractivity contribution >= 4 is 11.7 Å². The third-order valence-corrected chi connectivity index (χ3v) is 6.33. The minimum Gasteiger partial charge on any atom is -0.337 e. The number of carbonyl (C=O) groups excluding carboxylic acids is 1. The van der Waals surface area contributed by atoms with Crippen molar-refractivity contribution in [2.45, 2.75) is 71.9 Å². The van der Waals surface area contributed by atoms with Gasteiger partial charge in [-0.1, -0.05) is 38.1 Å². The lowest BCUT2D eigenvalue weighted by molar-refractivity contribution is -0.116. The number of anilines is 1. The second-order valence-electron chi connectivity index (χ2n) is 8.54. The quantitative estimate of drug-likeness (QED) is 0.599. The zero-order valence-corrected chi connectivity index (χ0v) is 19.0. The molecule has 30 heavy (non-hydrogen) atoms. The van der Waals surface area contributed by atoms with Gasteiger partial charge in [-0.05, 0) is 57.2 Å². The first-order chi connectivity index (χ1) is 14.5. The normalized spacial score (nSPS) is 17.9. The number of aromatic nitrogens is 2. The van der Waals surface area contributed by atoms with E-state index < -0.39 is 0 Å². The first-order valence-electron chi connectivity index (χ1n) is 11.4. The molecule has 1 aliphatic heterocycles. The van der Waals surface area contributed by atoms with Crippen molar-refractivity contribution in [1.82, 2.24) is 14.9 Å². The van der Waals surface area contributed by atoms with Crippen LogP contribution in [-0.2, 0) is 11.2 Å². The van der Waals surface area contributed by atoms with Crippen LogP contribution < -0.4 is 4.90 Å². The van der Waals surface area contributed by atoms with Crippen LogP contribution in [0, 0.1) is 0 Å². The van der Waals surface area contributed by atoms with Gasteiger partial charge in [0.1, 0.15) is 5.78 Å². The molecule has 5 nitrogen and oxygen atoms in total. The first-order valence-corrected chi connectivity index (χ1v) is 11.4. The molecule has 3 rings (SSSR count). The van der Waals surface area contributed by atoms with E-state index >= 15 is 0 Å². The Morgan fingerprint density at radius 3 is 2.43 bits per heavy atom. The molecule has 0 amide bonds. The van der Waals surface area contributed by atoms with E-state index in [1.807, 2.05) is 36.7 Å². The molecule has 1 aromatic heterocycles. The molecule has 2 aromatic rings. The summed E-state index contributed by atoms with van der Waals surface area (Å²) < 4.78 is 0. The highest BCUT2D eigenvalue weighted by atomic mass is 16.1. The Morgan fingerprint density at radius 2 is 1.83 bits per heavy atom. The van der Waals surface area contributed by atoms with E-state index in [9.17, 15) is 4.79 Å². The van der Waals surface area contributed by atoms with Crippen molar-refractivity contribution in [3.05, 3.63) is 42.2 Å². The maximum absolute atomic E-state index is 11.3. The zero-order chi connectivity index (χ0) is 21.5. The van der Waals surface area contributed by atoms with Gasteiger partial charge in [0.15, 0.2) is 0 Å². The van der Waals surface area contributed by atoms with Crippen molar-refractivity contribution in [1.29, 1.82) is 0 Å². The lowest BCUT2D eigenvalue weighted by atomic mass is 10.0. The number of ketones is 1. The average molecular weight is 409 g/mol. The highest BCUT2D eigenvalue weighted by Gasteiger charge is 2.27. The van der Waals surface area contributed by atoms with Crippen LogP contribution >= 0.6 is 0 Å². The van der Waals surface area contributed by atoms with Crippen molar-refractivity contribution in [3.8, 4) is 11.1 Å². The predicted molar refractivity (Wildman–Crippen MR) is 124 cm³/mol. The molecule has 1 fully saturated rings. The molecule has 2 atom stereocenters. The topological polar surface area (TPSA) is 49.3 Å². The summed E-state index contributed by atoms with van der Waals surface area (Å²) in [5.41, 5.74) is 3.14. The van der Waals surface area contributed by atoms with E-state index in [0.29, 0.717) is 18.5 Å². The number of carbonyl (C=O) groups is 1. The maximum Gasteiger partial charge on any atom is 0.225 e. The molecule has 162 valence electrons. The molecule has 2 heterocycles. The van der Waals surface area contributed by atoms with Crippen molar-refractivity contribution in [3.63, 3.8) is 0 Å². The minimum absolute atomic E-state index is 0.182. The summed E-state index contributed by atoms with van der Waals surface area (Å²) in [4.78, 5) is 25.8. The van der Waals surface area contributed by atoms with Gasteiger partial charge in [-0.15, -0.1) is 0 Å². The Morgan fingerprint density at radius 1 is 1.13 bits per heavy atom. The molecule has 2 unspecified atom stereocenters. The van der Waals surface area contributed by atoms with Gasteiger partial charge >= 0.3 is 0 Å². The van der Waals surface area contributed by atoms with Crippen LogP contribution in [0.3, 0.4) is 0 Å². The van der Waals surface area contributed by atoms with Gasteiger partial charge < -0.3 is 4.90 Å². The number of benzene rings is 1. The standard InChI is InChI=1S/C25H36N4O/c1-5-19(3)28(6-2)18-24-9-7-8-14-29(24)25-26-16-23(17-27-25)22-12-10-21(11-13-22)15-20(4)30/h10-13,16-17,19,24H,5-9,14-15,18H2,1-4H3. The molecule has 0 N–H and O–H groups in total. The summed E-state index contributed by atoms with van der Waals surface area (Å²) in [7, 11) is 0. The molecule has 0 bridgehead atoms. The molecule has 0 saturated carbocycles. The molecule has 1 aromatic carbocycles.